The predicted octanol–water partition coefficient (Wildman–Crippen LogP) is 4.24. The summed E-state index contributed by atoms with van der Waals surface area (Å²) in [6.07, 6.45) is 5.95. The first kappa shape index (κ1) is 15.0. The third-order valence-electron chi connectivity index (χ3n) is 3.59. The van der Waals surface area contributed by atoms with Crippen LogP contribution in [0.15, 0.2) is 66.9 Å². The zero-order valence-electron chi connectivity index (χ0n) is 13.0. The maximum absolute atomic E-state index is 12.3. The maximum Gasteiger partial charge on any atom is 0.251 e. The largest absolute Gasteiger partial charge is 0.272 e. The van der Waals surface area contributed by atoms with Gasteiger partial charge in [-0.2, -0.15) is 5.10 Å². The highest BCUT2D eigenvalue weighted by molar-refractivity contribution is 5.81. The fraction of sp³-hybridized carbons (Fsp3) is 0.100. The number of nitrogens with zero attached hydrogens (tertiary/aromatic N) is 2. The van der Waals surface area contributed by atoms with E-state index in [0.29, 0.717) is 6.42 Å². The van der Waals surface area contributed by atoms with Gasteiger partial charge in [0, 0.05) is 6.20 Å². The average molecular weight is 302 g/mol. The minimum Gasteiger partial charge on any atom is -0.272 e. The van der Waals surface area contributed by atoms with Crippen molar-refractivity contribution in [3.05, 3.63) is 89.2 Å². The molecule has 0 aliphatic carbocycles. The minimum absolute atomic E-state index is 0.0341. The molecule has 1 aromatic heterocycles. The van der Waals surface area contributed by atoms with Crippen molar-refractivity contribution in [2.24, 2.45) is 0 Å². The van der Waals surface area contributed by atoms with Crippen LogP contribution < -0.4 is 0 Å². The van der Waals surface area contributed by atoms with E-state index >= 15 is 0 Å². The molecule has 23 heavy (non-hydrogen) atoms. The van der Waals surface area contributed by atoms with Gasteiger partial charge in [0.15, 0.2) is 0 Å². The molecule has 0 bridgehead atoms. The quantitative estimate of drug-likeness (QED) is 0.722. The highest BCUT2D eigenvalue weighted by Gasteiger charge is 2.07. The summed E-state index contributed by atoms with van der Waals surface area (Å²) in [7, 11) is 0. The van der Waals surface area contributed by atoms with Crippen molar-refractivity contribution in [2.75, 3.05) is 0 Å². The van der Waals surface area contributed by atoms with Gasteiger partial charge in [0.2, 0.25) is 0 Å². The average Bonchev–Trinajstić information content (AvgIpc) is 3.05. The molecule has 0 aliphatic heterocycles. The van der Waals surface area contributed by atoms with E-state index in [1.165, 1.54) is 10.2 Å². The van der Waals surface area contributed by atoms with E-state index in [2.05, 4.69) is 5.10 Å². The highest BCUT2D eigenvalue weighted by atomic mass is 16.2. The summed E-state index contributed by atoms with van der Waals surface area (Å²) in [6, 6.07) is 19.8. The molecule has 0 fully saturated rings. The first-order valence-electron chi connectivity index (χ1n) is 7.58. The number of carbonyl (C=O) groups excluding carboxylic acids is 1. The Labute approximate surface area is 135 Å². The molecule has 0 aliphatic rings. The second-order valence-electron chi connectivity index (χ2n) is 5.49. The lowest BCUT2D eigenvalue weighted by Crippen LogP contribution is -2.14. The molecular formula is C20H18N2O. The second-order valence-corrected chi connectivity index (χ2v) is 5.49. The van der Waals surface area contributed by atoms with Crippen LogP contribution in [0, 0.1) is 6.92 Å². The third kappa shape index (κ3) is 4.04. The fourth-order valence-electron chi connectivity index (χ4n) is 2.27. The van der Waals surface area contributed by atoms with E-state index in [0.717, 1.165) is 16.8 Å². The molecule has 3 heteroatoms. The zero-order valence-corrected chi connectivity index (χ0v) is 13.0. The zero-order chi connectivity index (χ0) is 16.1. The van der Waals surface area contributed by atoms with Crippen molar-refractivity contribution in [3.63, 3.8) is 0 Å². The molecule has 2 aromatic carbocycles. The van der Waals surface area contributed by atoms with Gasteiger partial charge in [-0.15, -0.1) is 0 Å². The molecule has 0 N–H and O–H groups in total. The number of hydrogen-bond donors (Lipinski definition) is 0. The Balaban J connectivity index is 1.67. The van der Waals surface area contributed by atoms with Crippen molar-refractivity contribution in [3.8, 4) is 0 Å². The molecule has 0 saturated heterocycles. The molecular weight excluding hydrogens is 284 g/mol. The van der Waals surface area contributed by atoms with Crippen LogP contribution in [-0.4, -0.2) is 15.7 Å². The van der Waals surface area contributed by atoms with E-state index in [4.69, 9.17) is 0 Å². The minimum atomic E-state index is -0.0341. The Bertz CT molecular complexity index is 814. The maximum atomic E-state index is 12.3. The summed E-state index contributed by atoms with van der Waals surface area (Å²) < 4.78 is 1.41. The Morgan fingerprint density at radius 2 is 1.74 bits per heavy atom. The molecule has 0 saturated carbocycles. The first-order valence-corrected chi connectivity index (χ1v) is 7.58. The molecule has 3 nitrogen and oxygen atoms in total. The summed E-state index contributed by atoms with van der Waals surface area (Å²) in [6.45, 7) is 2.03. The van der Waals surface area contributed by atoms with E-state index in [1.54, 1.807) is 6.20 Å². The number of rotatable bonds is 4. The Morgan fingerprint density at radius 3 is 2.48 bits per heavy atom. The lowest BCUT2D eigenvalue weighted by molar-refractivity contribution is 0.0898. The predicted molar refractivity (Wildman–Crippen MR) is 93.1 cm³/mol. The standard InChI is InChI=1S/C20H18N2O/c1-16-7-9-18(10-8-16)15-20(23)22-14-13-19(21-22)12-11-17-5-3-2-4-6-17/h2-14H,15H2,1H3. The molecule has 3 aromatic rings. The SMILES string of the molecule is Cc1ccc(CC(=O)n2ccc(C=Cc3ccccc3)n2)cc1. The lowest BCUT2D eigenvalue weighted by Gasteiger charge is -2.01. The fourth-order valence-corrected chi connectivity index (χ4v) is 2.27. The smallest absolute Gasteiger partial charge is 0.251 e. The van der Waals surface area contributed by atoms with Crippen LogP contribution in [0.1, 0.15) is 27.2 Å². The summed E-state index contributed by atoms with van der Waals surface area (Å²) in [5.41, 5.74) is 4.06. The van der Waals surface area contributed by atoms with Crippen LogP contribution in [-0.2, 0) is 6.42 Å². The van der Waals surface area contributed by atoms with Gasteiger partial charge >= 0.3 is 0 Å². The van der Waals surface area contributed by atoms with Crippen molar-refractivity contribution >= 4 is 18.1 Å². The number of aryl methyl sites for hydroxylation is 1. The molecule has 0 spiro atoms. The van der Waals surface area contributed by atoms with Gasteiger partial charge < -0.3 is 0 Å². The van der Waals surface area contributed by atoms with Crippen LogP contribution in [0.4, 0.5) is 0 Å². The van der Waals surface area contributed by atoms with Crippen molar-refractivity contribution in [1.29, 1.82) is 0 Å². The van der Waals surface area contributed by atoms with Crippen molar-refractivity contribution in [1.82, 2.24) is 9.78 Å². The third-order valence-corrected chi connectivity index (χ3v) is 3.59. The summed E-state index contributed by atoms with van der Waals surface area (Å²) in [4.78, 5) is 12.3. The normalized spacial score (nSPS) is 11.0. The molecule has 114 valence electrons. The molecule has 1 heterocycles. The Hall–Kier alpha value is -2.94. The highest BCUT2D eigenvalue weighted by Crippen LogP contribution is 2.08. The lowest BCUT2D eigenvalue weighted by atomic mass is 10.1. The van der Waals surface area contributed by atoms with Gasteiger partial charge in [0.05, 0.1) is 12.1 Å². The van der Waals surface area contributed by atoms with Crippen LogP contribution in [0.25, 0.3) is 12.2 Å². The summed E-state index contributed by atoms with van der Waals surface area (Å²) in [5, 5.41) is 4.32. The molecule has 0 amide bonds. The monoisotopic (exact) mass is 302 g/mol. The van der Waals surface area contributed by atoms with Crippen LogP contribution >= 0.6 is 0 Å². The van der Waals surface area contributed by atoms with Crippen molar-refractivity contribution < 1.29 is 4.79 Å². The number of aromatic nitrogens is 2. The van der Waals surface area contributed by atoms with Crippen molar-refractivity contribution in [2.45, 2.75) is 13.3 Å². The molecule has 0 radical (unpaired) electrons. The van der Waals surface area contributed by atoms with Gasteiger partial charge in [-0.05, 0) is 30.2 Å². The number of carbonyl (C=O) groups is 1. The molecule has 3 rings (SSSR count). The Kier molecular flexibility index (Phi) is 4.48. The second kappa shape index (κ2) is 6.88. The summed E-state index contributed by atoms with van der Waals surface area (Å²) in [5.74, 6) is -0.0341. The van der Waals surface area contributed by atoms with Crippen LogP contribution in [0.5, 0.6) is 0 Å². The topological polar surface area (TPSA) is 34.9 Å². The number of hydrogen-bond acceptors (Lipinski definition) is 2. The molecule has 0 unspecified atom stereocenters. The van der Waals surface area contributed by atoms with Gasteiger partial charge in [-0.3, -0.25) is 4.79 Å². The van der Waals surface area contributed by atoms with E-state index in [-0.39, 0.29) is 5.91 Å². The Morgan fingerprint density at radius 1 is 1.00 bits per heavy atom. The van der Waals surface area contributed by atoms with Gasteiger partial charge in [-0.1, -0.05) is 66.2 Å². The van der Waals surface area contributed by atoms with E-state index in [9.17, 15) is 4.79 Å². The van der Waals surface area contributed by atoms with Gasteiger partial charge in [0.1, 0.15) is 0 Å². The van der Waals surface area contributed by atoms with E-state index < -0.39 is 0 Å². The van der Waals surface area contributed by atoms with Crippen LogP contribution in [0.2, 0.25) is 0 Å². The molecule has 0 atom stereocenters. The number of benzene rings is 2. The van der Waals surface area contributed by atoms with Gasteiger partial charge in [-0.25, -0.2) is 4.68 Å². The van der Waals surface area contributed by atoms with E-state index in [1.807, 2.05) is 79.7 Å². The van der Waals surface area contributed by atoms with Crippen LogP contribution in [0.3, 0.4) is 0 Å². The summed E-state index contributed by atoms with van der Waals surface area (Å²) >= 11 is 0. The first-order chi connectivity index (χ1) is 11.2. The van der Waals surface area contributed by atoms with Gasteiger partial charge in [0.25, 0.3) is 5.91 Å².